The van der Waals surface area contributed by atoms with E-state index in [4.69, 9.17) is 10.5 Å². The van der Waals surface area contributed by atoms with Crippen molar-refractivity contribution in [2.24, 2.45) is 0 Å². The molecule has 2 heterocycles. The van der Waals surface area contributed by atoms with E-state index < -0.39 is 0 Å². The minimum absolute atomic E-state index is 0.224. The lowest BCUT2D eigenvalue weighted by atomic mass is 10.0. The zero-order chi connectivity index (χ0) is 15.7. The number of esters is 1. The van der Waals surface area contributed by atoms with Crippen molar-refractivity contribution < 1.29 is 13.9 Å². The second-order valence-corrected chi connectivity index (χ2v) is 6.46. The first-order valence-electron chi connectivity index (χ1n) is 7.03. The van der Waals surface area contributed by atoms with E-state index >= 15 is 0 Å². The fourth-order valence-corrected chi connectivity index (χ4v) is 3.94. The Labute approximate surface area is 132 Å². The van der Waals surface area contributed by atoms with Crippen molar-refractivity contribution in [3.8, 4) is 0 Å². The molecule has 6 heteroatoms. The highest BCUT2D eigenvalue weighted by Crippen LogP contribution is 2.35. The maximum atomic E-state index is 12.9. The molecular weight excluding hydrogens is 303 g/mol. The van der Waals surface area contributed by atoms with Crippen LogP contribution < -0.4 is 5.73 Å². The van der Waals surface area contributed by atoms with E-state index in [-0.39, 0.29) is 11.8 Å². The van der Waals surface area contributed by atoms with E-state index in [0.717, 1.165) is 42.1 Å². The van der Waals surface area contributed by atoms with Gasteiger partial charge in [0.05, 0.1) is 12.7 Å². The van der Waals surface area contributed by atoms with Gasteiger partial charge < -0.3 is 10.5 Å². The Bertz CT molecular complexity index is 697. The molecule has 2 N–H and O–H groups in total. The Morgan fingerprint density at radius 1 is 1.41 bits per heavy atom. The molecule has 0 saturated heterocycles. The predicted molar refractivity (Wildman–Crippen MR) is 84.3 cm³/mol. The van der Waals surface area contributed by atoms with Gasteiger partial charge in [-0.25, -0.2) is 9.18 Å². The van der Waals surface area contributed by atoms with E-state index in [0.29, 0.717) is 10.6 Å². The largest absolute Gasteiger partial charge is 0.465 e. The third-order valence-electron chi connectivity index (χ3n) is 3.87. The monoisotopic (exact) mass is 320 g/mol. The number of carbonyl (C=O) groups excluding carboxylic acids is 1. The van der Waals surface area contributed by atoms with Crippen LogP contribution in [0.25, 0.3) is 0 Å². The predicted octanol–water partition coefficient (Wildman–Crippen LogP) is 2.81. The molecule has 0 fully saturated rings. The summed E-state index contributed by atoms with van der Waals surface area (Å²) in [5.41, 5.74) is 8.59. The number of ether oxygens (including phenoxy) is 1. The van der Waals surface area contributed by atoms with Gasteiger partial charge in [0.2, 0.25) is 0 Å². The van der Waals surface area contributed by atoms with E-state index in [1.54, 1.807) is 12.1 Å². The maximum absolute atomic E-state index is 12.9. The summed E-state index contributed by atoms with van der Waals surface area (Å²) >= 11 is 1.45. The van der Waals surface area contributed by atoms with Gasteiger partial charge in [0, 0.05) is 24.5 Å². The molecule has 0 unspecified atom stereocenters. The highest BCUT2D eigenvalue weighted by molar-refractivity contribution is 7.16. The lowest BCUT2D eigenvalue weighted by Crippen LogP contribution is -2.29. The van der Waals surface area contributed by atoms with Crippen LogP contribution in [0.15, 0.2) is 24.3 Å². The molecule has 22 heavy (non-hydrogen) atoms. The molecule has 4 nitrogen and oxygen atoms in total. The molecular formula is C16H17FN2O2S. The number of methoxy groups -OCH3 is 1. The highest BCUT2D eigenvalue weighted by atomic mass is 32.1. The van der Waals surface area contributed by atoms with Crippen LogP contribution in [-0.4, -0.2) is 24.5 Å². The van der Waals surface area contributed by atoms with Crippen LogP contribution in [0.5, 0.6) is 0 Å². The van der Waals surface area contributed by atoms with Gasteiger partial charge in [0.15, 0.2) is 0 Å². The van der Waals surface area contributed by atoms with E-state index in [2.05, 4.69) is 4.90 Å². The molecule has 116 valence electrons. The Hall–Kier alpha value is -1.92. The van der Waals surface area contributed by atoms with Crippen molar-refractivity contribution in [2.75, 3.05) is 19.4 Å². The molecule has 0 spiro atoms. The van der Waals surface area contributed by atoms with E-state index in [9.17, 15) is 9.18 Å². The Kier molecular flexibility index (Phi) is 4.13. The van der Waals surface area contributed by atoms with Crippen LogP contribution >= 0.6 is 11.3 Å². The van der Waals surface area contributed by atoms with Crippen LogP contribution in [0.4, 0.5) is 9.39 Å². The molecule has 0 atom stereocenters. The number of rotatable bonds is 3. The molecule has 2 aromatic rings. The van der Waals surface area contributed by atoms with Gasteiger partial charge in [0.25, 0.3) is 0 Å². The standard InChI is InChI=1S/C16H17FN2O2S/c1-21-16(20)14-12-6-7-19(9-13(12)22-15(14)18)8-10-2-4-11(17)5-3-10/h2-5H,6-9,18H2,1H3. The van der Waals surface area contributed by atoms with Gasteiger partial charge in [-0.2, -0.15) is 0 Å². The van der Waals surface area contributed by atoms with Crippen LogP contribution in [0.2, 0.25) is 0 Å². The number of benzene rings is 1. The molecule has 1 aromatic carbocycles. The smallest absolute Gasteiger partial charge is 0.341 e. The SMILES string of the molecule is COC(=O)c1c(N)sc2c1CCN(Cc1ccc(F)cc1)C2. The summed E-state index contributed by atoms with van der Waals surface area (Å²) < 4.78 is 17.8. The van der Waals surface area contributed by atoms with Crippen LogP contribution in [0.1, 0.15) is 26.4 Å². The van der Waals surface area contributed by atoms with Gasteiger partial charge in [-0.05, 0) is 29.7 Å². The normalized spacial score (nSPS) is 14.6. The molecule has 0 bridgehead atoms. The zero-order valence-corrected chi connectivity index (χ0v) is 13.1. The highest BCUT2D eigenvalue weighted by Gasteiger charge is 2.27. The fraction of sp³-hybridized carbons (Fsp3) is 0.312. The maximum Gasteiger partial charge on any atom is 0.341 e. The second-order valence-electron chi connectivity index (χ2n) is 5.32. The quantitative estimate of drug-likeness (QED) is 0.884. The molecule has 0 aliphatic carbocycles. The number of anilines is 1. The molecule has 1 aliphatic rings. The molecule has 3 rings (SSSR count). The van der Waals surface area contributed by atoms with Crippen molar-refractivity contribution in [2.45, 2.75) is 19.5 Å². The first-order chi connectivity index (χ1) is 10.6. The van der Waals surface area contributed by atoms with Crippen LogP contribution in [-0.2, 0) is 24.2 Å². The topological polar surface area (TPSA) is 55.6 Å². The molecule has 1 aliphatic heterocycles. The summed E-state index contributed by atoms with van der Waals surface area (Å²) in [6.45, 7) is 2.34. The average molecular weight is 320 g/mol. The van der Waals surface area contributed by atoms with Crippen LogP contribution in [0, 0.1) is 5.82 Å². The van der Waals surface area contributed by atoms with Gasteiger partial charge in [-0.1, -0.05) is 12.1 Å². The summed E-state index contributed by atoms with van der Waals surface area (Å²) in [7, 11) is 1.37. The van der Waals surface area contributed by atoms with Crippen molar-refractivity contribution in [1.29, 1.82) is 0 Å². The Morgan fingerprint density at radius 2 is 2.14 bits per heavy atom. The number of nitrogen functional groups attached to an aromatic ring is 1. The van der Waals surface area contributed by atoms with Gasteiger partial charge >= 0.3 is 5.97 Å². The van der Waals surface area contributed by atoms with Crippen molar-refractivity contribution >= 4 is 22.3 Å². The lowest BCUT2D eigenvalue weighted by Gasteiger charge is -2.27. The summed E-state index contributed by atoms with van der Waals surface area (Å²) in [4.78, 5) is 15.2. The number of hydrogen-bond donors (Lipinski definition) is 1. The molecule has 0 saturated carbocycles. The molecule has 1 aromatic heterocycles. The minimum atomic E-state index is -0.359. The van der Waals surface area contributed by atoms with Gasteiger partial charge in [-0.15, -0.1) is 11.3 Å². The molecule has 0 radical (unpaired) electrons. The molecule has 0 amide bonds. The summed E-state index contributed by atoms with van der Waals surface area (Å²) in [5.74, 6) is -0.583. The summed E-state index contributed by atoms with van der Waals surface area (Å²) in [6.07, 6.45) is 0.772. The summed E-state index contributed by atoms with van der Waals surface area (Å²) in [5, 5.41) is 0.528. The number of fused-ring (bicyclic) bond motifs is 1. The first kappa shape index (κ1) is 15.0. The van der Waals surface area contributed by atoms with E-state index in [1.165, 1.54) is 30.6 Å². The second kappa shape index (κ2) is 6.06. The lowest BCUT2D eigenvalue weighted by molar-refractivity contribution is 0.0600. The summed E-state index contributed by atoms with van der Waals surface area (Å²) in [6, 6.07) is 6.55. The number of carbonyl (C=O) groups is 1. The van der Waals surface area contributed by atoms with Gasteiger partial charge in [0.1, 0.15) is 10.8 Å². The number of halogens is 1. The van der Waals surface area contributed by atoms with Gasteiger partial charge in [-0.3, -0.25) is 4.90 Å². The van der Waals surface area contributed by atoms with E-state index in [1.807, 2.05) is 0 Å². The van der Waals surface area contributed by atoms with Crippen molar-refractivity contribution in [1.82, 2.24) is 4.90 Å². The first-order valence-corrected chi connectivity index (χ1v) is 7.85. The fourth-order valence-electron chi connectivity index (χ4n) is 2.79. The van der Waals surface area contributed by atoms with Crippen LogP contribution in [0.3, 0.4) is 0 Å². The van der Waals surface area contributed by atoms with Crippen molar-refractivity contribution in [3.63, 3.8) is 0 Å². The number of nitrogens with two attached hydrogens (primary N) is 1. The minimum Gasteiger partial charge on any atom is -0.465 e. The number of thiophene rings is 1. The zero-order valence-electron chi connectivity index (χ0n) is 12.3. The average Bonchev–Trinajstić information content (AvgIpc) is 2.84. The Morgan fingerprint density at radius 3 is 2.82 bits per heavy atom. The Balaban J connectivity index is 1.77. The van der Waals surface area contributed by atoms with Crippen molar-refractivity contribution in [3.05, 3.63) is 51.7 Å². The third-order valence-corrected chi connectivity index (χ3v) is 4.92. The third kappa shape index (κ3) is 2.84. The number of nitrogens with zero attached hydrogens (tertiary/aromatic N) is 1. The number of hydrogen-bond acceptors (Lipinski definition) is 5.